The molecule has 6 aromatic rings. The smallest absolute Gasteiger partial charge is 0.161 e. The molecule has 0 saturated carbocycles. The number of nitrogens with zero attached hydrogens (tertiary/aromatic N) is 5. The van der Waals surface area contributed by atoms with E-state index in [1.807, 2.05) is 41.9 Å². The number of nitrogens with one attached hydrogen (secondary N) is 3. The summed E-state index contributed by atoms with van der Waals surface area (Å²) in [5.74, 6) is 1.41. The van der Waals surface area contributed by atoms with E-state index in [1.54, 1.807) is 23.7 Å². The molecular formula is C26H22N8OS. The van der Waals surface area contributed by atoms with E-state index in [4.69, 9.17) is 14.7 Å². The maximum atomic E-state index is 6.19. The molecule has 0 bridgehead atoms. The second-order valence-corrected chi connectivity index (χ2v) is 9.71. The summed E-state index contributed by atoms with van der Waals surface area (Å²) < 4.78 is 6.19. The molecule has 1 fully saturated rings. The minimum absolute atomic E-state index is 0.209. The predicted octanol–water partition coefficient (Wildman–Crippen LogP) is 4.82. The van der Waals surface area contributed by atoms with E-state index in [-0.39, 0.29) is 6.10 Å². The Kier molecular flexibility index (Phi) is 5.18. The van der Waals surface area contributed by atoms with Crippen LogP contribution in [0.4, 0.5) is 0 Å². The topological polar surface area (TPSA) is 117 Å². The molecule has 9 nitrogen and oxygen atoms in total. The molecule has 1 saturated heterocycles. The monoisotopic (exact) mass is 494 g/mol. The zero-order valence-electron chi connectivity index (χ0n) is 19.2. The van der Waals surface area contributed by atoms with Crippen LogP contribution in [0.25, 0.3) is 55.4 Å². The molecule has 0 aromatic carbocycles. The van der Waals surface area contributed by atoms with Gasteiger partial charge in [0.1, 0.15) is 28.6 Å². The third-order valence-corrected chi connectivity index (χ3v) is 7.26. The van der Waals surface area contributed by atoms with E-state index in [9.17, 15) is 0 Å². The first-order valence-corrected chi connectivity index (χ1v) is 12.8. The van der Waals surface area contributed by atoms with E-state index in [2.05, 4.69) is 36.5 Å². The lowest BCUT2D eigenvalue weighted by Crippen LogP contribution is -2.34. The Morgan fingerprint density at radius 2 is 1.86 bits per heavy atom. The fourth-order valence-corrected chi connectivity index (χ4v) is 5.32. The van der Waals surface area contributed by atoms with E-state index >= 15 is 0 Å². The molecule has 0 spiro atoms. The molecule has 0 radical (unpaired) electrons. The van der Waals surface area contributed by atoms with Gasteiger partial charge in [-0.15, -0.1) is 11.3 Å². The average molecular weight is 495 g/mol. The maximum absolute atomic E-state index is 6.19. The van der Waals surface area contributed by atoms with Crippen molar-refractivity contribution in [2.24, 2.45) is 0 Å². The van der Waals surface area contributed by atoms with E-state index < -0.39 is 0 Å². The molecule has 0 aliphatic carbocycles. The lowest BCUT2D eigenvalue weighted by atomic mass is 10.1. The second-order valence-electron chi connectivity index (χ2n) is 8.76. The third-order valence-electron chi connectivity index (χ3n) is 6.39. The van der Waals surface area contributed by atoms with Crippen molar-refractivity contribution in [3.05, 3.63) is 60.4 Å². The zero-order chi connectivity index (χ0) is 23.9. The minimum Gasteiger partial charge on any atom is -0.489 e. The summed E-state index contributed by atoms with van der Waals surface area (Å²) in [6, 6.07) is 11.9. The summed E-state index contributed by atoms with van der Waals surface area (Å²) in [6.45, 7) is 1.96. The number of fused-ring (bicyclic) bond motifs is 2. The van der Waals surface area contributed by atoms with Gasteiger partial charge in [-0.3, -0.25) is 15.1 Å². The minimum atomic E-state index is 0.209. The molecule has 1 aliphatic rings. The van der Waals surface area contributed by atoms with Gasteiger partial charge in [0.05, 0.1) is 27.8 Å². The number of pyridine rings is 3. The summed E-state index contributed by atoms with van der Waals surface area (Å²) >= 11 is 1.64. The number of hydrogen-bond acceptors (Lipinski definition) is 8. The van der Waals surface area contributed by atoms with Crippen molar-refractivity contribution < 1.29 is 4.74 Å². The Bertz CT molecular complexity index is 1670. The fourth-order valence-electron chi connectivity index (χ4n) is 4.60. The number of H-pyrrole nitrogens is 2. The molecule has 0 unspecified atom stereocenters. The molecule has 3 N–H and O–H groups in total. The normalized spacial score (nSPS) is 14.6. The van der Waals surface area contributed by atoms with Gasteiger partial charge in [0.25, 0.3) is 0 Å². The van der Waals surface area contributed by atoms with Crippen LogP contribution in [0.15, 0.2) is 60.4 Å². The number of ether oxygens (including phenoxy) is 1. The van der Waals surface area contributed by atoms with Crippen LogP contribution in [0, 0.1) is 0 Å². The summed E-state index contributed by atoms with van der Waals surface area (Å²) in [7, 11) is 0. The van der Waals surface area contributed by atoms with E-state index in [0.717, 1.165) is 75.6 Å². The molecule has 1 aliphatic heterocycles. The highest BCUT2D eigenvalue weighted by Gasteiger charge is 2.18. The van der Waals surface area contributed by atoms with Crippen molar-refractivity contribution >= 4 is 33.4 Å². The number of piperidine rings is 1. The van der Waals surface area contributed by atoms with Crippen molar-refractivity contribution in [2.75, 3.05) is 13.1 Å². The van der Waals surface area contributed by atoms with Crippen LogP contribution in [0.1, 0.15) is 12.8 Å². The zero-order valence-corrected chi connectivity index (χ0v) is 20.0. The van der Waals surface area contributed by atoms with Crippen LogP contribution in [0.3, 0.4) is 0 Å². The number of hydrogen-bond donors (Lipinski definition) is 3. The van der Waals surface area contributed by atoms with Gasteiger partial charge in [0.15, 0.2) is 11.5 Å². The van der Waals surface area contributed by atoms with Crippen LogP contribution < -0.4 is 10.1 Å². The molecule has 6 aromatic heterocycles. The van der Waals surface area contributed by atoms with Gasteiger partial charge in [-0.25, -0.2) is 9.97 Å². The SMILES string of the molecule is c1csc(-c2nccc3[nH]c(-c4n[nH]c5ccc(-c6cncc(OC7CCNCC7)c6)nc45)nc23)c1. The van der Waals surface area contributed by atoms with Gasteiger partial charge < -0.3 is 15.0 Å². The molecule has 0 atom stereocenters. The summed E-state index contributed by atoms with van der Waals surface area (Å²) in [5.41, 5.74) is 6.50. The van der Waals surface area contributed by atoms with Crippen LogP contribution in [0.2, 0.25) is 0 Å². The van der Waals surface area contributed by atoms with Crippen molar-refractivity contribution in [2.45, 2.75) is 18.9 Å². The van der Waals surface area contributed by atoms with Gasteiger partial charge in [-0.05, 0) is 61.6 Å². The number of aromatic nitrogens is 7. The Hall–Kier alpha value is -4.15. The Morgan fingerprint density at radius 1 is 0.944 bits per heavy atom. The molecule has 7 heterocycles. The number of aromatic amines is 2. The first-order valence-electron chi connectivity index (χ1n) is 11.9. The quantitative estimate of drug-likeness (QED) is 0.315. The van der Waals surface area contributed by atoms with Gasteiger partial charge in [-0.1, -0.05) is 6.07 Å². The lowest BCUT2D eigenvalue weighted by Gasteiger charge is -2.23. The Labute approximate surface area is 210 Å². The first-order chi connectivity index (χ1) is 17.8. The Morgan fingerprint density at radius 3 is 2.75 bits per heavy atom. The highest BCUT2D eigenvalue weighted by atomic mass is 32.1. The lowest BCUT2D eigenvalue weighted by molar-refractivity contribution is 0.162. The molecule has 7 rings (SSSR count). The van der Waals surface area contributed by atoms with Gasteiger partial charge in [-0.2, -0.15) is 5.10 Å². The fraction of sp³-hybridized carbons (Fsp3) is 0.192. The molecule has 178 valence electrons. The van der Waals surface area contributed by atoms with Crippen molar-refractivity contribution in [1.82, 2.24) is 40.4 Å². The molecule has 10 heteroatoms. The second kappa shape index (κ2) is 8.81. The van der Waals surface area contributed by atoms with Crippen LogP contribution in [-0.2, 0) is 0 Å². The van der Waals surface area contributed by atoms with Gasteiger partial charge >= 0.3 is 0 Å². The Balaban J connectivity index is 1.26. The summed E-state index contributed by atoms with van der Waals surface area (Å²) in [4.78, 5) is 23.3. The largest absolute Gasteiger partial charge is 0.489 e. The average Bonchev–Trinajstić information content (AvgIpc) is 3.68. The standard InChI is InChI=1S/C26H22N8OS/c1-2-21(36-11-1)24-22-19(7-10-29-24)31-26(32-22)25-23-20(33-34-25)4-3-18(30-23)15-12-17(14-28-13-15)35-16-5-8-27-9-6-16/h1-4,7,10-14,16,27H,5-6,8-9H2,(H,31,32)(H,33,34). The van der Waals surface area contributed by atoms with E-state index in [1.165, 1.54) is 0 Å². The molecule has 36 heavy (non-hydrogen) atoms. The van der Waals surface area contributed by atoms with Crippen LogP contribution in [0.5, 0.6) is 5.75 Å². The highest BCUT2D eigenvalue weighted by molar-refractivity contribution is 7.13. The third kappa shape index (κ3) is 3.80. The highest BCUT2D eigenvalue weighted by Crippen LogP contribution is 2.32. The first kappa shape index (κ1) is 21.2. The van der Waals surface area contributed by atoms with Gasteiger partial charge in [0.2, 0.25) is 0 Å². The van der Waals surface area contributed by atoms with Crippen molar-refractivity contribution in [1.29, 1.82) is 0 Å². The number of thiophene rings is 1. The van der Waals surface area contributed by atoms with Crippen LogP contribution in [-0.4, -0.2) is 54.3 Å². The summed E-state index contributed by atoms with van der Waals surface area (Å²) in [5, 5.41) is 13.0. The van der Waals surface area contributed by atoms with Crippen molar-refractivity contribution in [3.8, 4) is 39.1 Å². The van der Waals surface area contributed by atoms with E-state index in [0.29, 0.717) is 11.5 Å². The van der Waals surface area contributed by atoms with Crippen LogP contribution >= 0.6 is 11.3 Å². The number of imidazole rings is 1. The molecular weight excluding hydrogens is 472 g/mol. The summed E-state index contributed by atoms with van der Waals surface area (Å²) in [6.07, 6.45) is 7.57. The van der Waals surface area contributed by atoms with Gasteiger partial charge in [0, 0.05) is 18.0 Å². The maximum Gasteiger partial charge on any atom is 0.161 e. The molecule has 0 amide bonds. The van der Waals surface area contributed by atoms with Crippen molar-refractivity contribution in [3.63, 3.8) is 0 Å². The predicted molar refractivity (Wildman–Crippen MR) is 140 cm³/mol. The number of rotatable bonds is 5.